The van der Waals surface area contributed by atoms with Gasteiger partial charge in [0.15, 0.2) is 10.6 Å². The minimum Gasteiger partial charge on any atom is -0.497 e. The number of nitrogens with zero attached hydrogens (tertiary/aromatic N) is 2. The number of rotatable bonds is 7. The number of aromatic amines is 1. The number of hydrogen-bond donors (Lipinski definition) is 2. The Morgan fingerprint density at radius 3 is 2.61 bits per heavy atom. The van der Waals surface area contributed by atoms with Gasteiger partial charge < -0.3 is 10.1 Å². The van der Waals surface area contributed by atoms with Crippen molar-refractivity contribution in [1.82, 2.24) is 20.1 Å². The van der Waals surface area contributed by atoms with Crippen molar-refractivity contribution in [3.63, 3.8) is 0 Å². The zero-order chi connectivity index (χ0) is 22.6. The lowest BCUT2D eigenvalue weighted by Crippen LogP contribution is -2.27. The summed E-state index contributed by atoms with van der Waals surface area (Å²) in [5.74, 6) is 0.965. The number of carbonyl (C=O) groups excluding carboxylic acids is 1. The molecule has 0 saturated carbocycles. The number of hydrogen-bond acceptors (Lipinski definition) is 4. The van der Waals surface area contributed by atoms with Crippen molar-refractivity contribution < 1.29 is 22.7 Å². The second-order valence-corrected chi connectivity index (χ2v) is 7.28. The van der Waals surface area contributed by atoms with E-state index in [1.54, 1.807) is 36.8 Å². The standard InChI is InChI=1S/C21H21F3N4O2S/c1-13(15-4-3-5-16(12-15)21(22,23)24)25-18(29)10-11-28-19(26-27-20(28)31)14-6-8-17(30-2)9-7-14/h3-9,12-13H,10-11H2,1-2H3,(H,25,29)(H,27,31)/t13-/m1/s1. The molecule has 0 aliphatic carbocycles. The van der Waals surface area contributed by atoms with Crippen LogP contribution in [0.2, 0.25) is 0 Å². The Hall–Kier alpha value is -3.14. The number of benzene rings is 2. The van der Waals surface area contributed by atoms with Crippen LogP contribution in [0.3, 0.4) is 0 Å². The molecule has 0 aliphatic heterocycles. The van der Waals surface area contributed by atoms with E-state index in [4.69, 9.17) is 17.0 Å². The van der Waals surface area contributed by atoms with E-state index in [-0.39, 0.29) is 18.9 Å². The molecule has 1 heterocycles. The molecule has 1 atom stereocenters. The highest BCUT2D eigenvalue weighted by atomic mass is 32.1. The molecule has 10 heteroatoms. The molecule has 1 amide bonds. The molecular formula is C21H21F3N4O2S. The monoisotopic (exact) mass is 450 g/mol. The first-order valence-corrected chi connectivity index (χ1v) is 9.86. The van der Waals surface area contributed by atoms with Crippen LogP contribution in [0.1, 0.15) is 30.5 Å². The maximum absolute atomic E-state index is 12.9. The lowest BCUT2D eigenvalue weighted by Gasteiger charge is -2.16. The van der Waals surface area contributed by atoms with Gasteiger partial charge >= 0.3 is 6.18 Å². The Kier molecular flexibility index (Phi) is 6.79. The number of alkyl halides is 3. The first-order chi connectivity index (χ1) is 14.7. The third kappa shape index (κ3) is 5.52. The fourth-order valence-corrected chi connectivity index (χ4v) is 3.30. The Labute approximate surface area is 182 Å². The summed E-state index contributed by atoms with van der Waals surface area (Å²) in [6, 6.07) is 11.6. The van der Waals surface area contributed by atoms with Gasteiger partial charge in [0.05, 0.1) is 18.7 Å². The first kappa shape index (κ1) is 22.5. The average molecular weight is 450 g/mol. The molecule has 31 heavy (non-hydrogen) atoms. The maximum Gasteiger partial charge on any atom is 0.416 e. The zero-order valence-electron chi connectivity index (χ0n) is 16.9. The summed E-state index contributed by atoms with van der Waals surface area (Å²) in [4.78, 5) is 12.4. The summed E-state index contributed by atoms with van der Waals surface area (Å²) in [7, 11) is 1.57. The number of methoxy groups -OCH3 is 1. The van der Waals surface area contributed by atoms with Gasteiger partial charge in [-0.05, 0) is 61.1 Å². The van der Waals surface area contributed by atoms with Gasteiger partial charge in [0.25, 0.3) is 0 Å². The number of ether oxygens (including phenoxy) is 1. The predicted molar refractivity (Wildman–Crippen MR) is 112 cm³/mol. The number of H-pyrrole nitrogens is 1. The van der Waals surface area contributed by atoms with Gasteiger partial charge in [-0.15, -0.1) is 0 Å². The predicted octanol–water partition coefficient (Wildman–Crippen LogP) is 4.90. The van der Waals surface area contributed by atoms with Crippen molar-refractivity contribution in [3.8, 4) is 17.1 Å². The molecule has 3 aromatic rings. The fraction of sp³-hybridized carbons (Fsp3) is 0.286. The molecule has 0 saturated heterocycles. The van der Waals surface area contributed by atoms with Crippen molar-refractivity contribution in [1.29, 1.82) is 0 Å². The molecular weight excluding hydrogens is 429 g/mol. The van der Waals surface area contributed by atoms with Crippen LogP contribution in [0.25, 0.3) is 11.4 Å². The summed E-state index contributed by atoms with van der Waals surface area (Å²) < 4.78 is 46.0. The van der Waals surface area contributed by atoms with Crippen LogP contribution in [0.4, 0.5) is 13.2 Å². The van der Waals surface area contributed by atoms with Crippen molar-refractivity contribution in [3.05, 3.63) is 64.4 Å². The number of amides is 1. The molecule has 6 nitrogen and oxygen atoms in total. The smallest absolute Gasteiger partial charge is 0.416 e. The summed E-state index contributed by atoms with van der Waals surface area (Å²) in [6.07, 6.45) is -4.35. The van der Waals surface area contributed by atoms with Gasteiger partial charge in [-0.3, -0.25) is 14.5 Å². The third-order valence-electron chi connectivity index (χ3n) is 4.76. The van der Waals surface area contributed by atoms with E-state index in [1.807, 2.05) is 12.1 Å². The quantitative estimate of drug-likeness (QED) is 0.502. The van der Waals surface area contributed by atoms with Crippen LogP contribution in [0.15, 0.2) is 48.5 Å². The molecule has 0 bridgehead atoms. The molecule has 0 fully saturated rings. The van der Waals surface area contributed by atoms with E-state index in [9.17, 15) is 18.0 Å². The molecule has 0 spiro atoms. The second-order valence-electron chi connectivity index (χ2n) is 6.89. The SMILES string of the molecule is COc1ccc(-c2n[nH]c(=S)n2CCC(=O)N[C@H](C)c2cccc(C(F)(F)F)c2)cc1. The Balaban J connectivity index is 1.66. The van der Waals surface area contributed by atoms with Gasteiger partial charge in [-0.2, -0.15) is 18.3 Å². The van der Waals surface area contributed by atoms with Gasteiger partial charge in [0.2, 0.25) is 5.91 Å². The normalized spacial score (nSPS) is 12.4. The van der Waals surface area contributed by atoms with Crippen molar-refractivity contribution in [2.45, 2.75) is 32.1 Å². The molecule has 2 N–H and O–H groups in total. The summed E-state index contributed by atoms with van der Waals surface area (Å²) >= 11 is 5.27. The maximum atomic E-state index is 12.9. The van der Waals surface area contributed by atoms with Crippen LogP contribution in [0, 0.1) is 4.77 Å². The number of halogens is 3. The number of nitrogens with one attached hydrogen (secondary N) is 2. The molecule has 2 aromatic carbocycles. The fourth-order valence-electron chi connectivity index (χ4n) is 3.08. The van der Waals surface area contributed by atoms with E-state index < -0.39 is 17.8 Å². The van der Waals surface area contributed by atoms with E-state index in [0.29, 0.717) is 21.9 Å². The van der Waals surface area contributed by atoms with E-state index in [0.717, 1.165) is 17.7 Å². The third-order valence-corrected chi connectivity index (χ3v) is 5.07. The number of carbonyl (C=O) groups is 1. The first-order valence-electron chi connectivity index (χ1n) is 9.45. The zero-order valence-corrected chi connectivity index (χ0v) is 17.7. The van der Waals surface area contributed by atoms with Crippen molar-refractivity contribution in [2.24, 2.45) is 0 Å². The Morgan fingerprint density at radius 1 is 1.26 bits per heavy atom. The summed E-state index contributed by atoms with van der Waals surface area (Å²) in [5, 5.41) is 9.68. The van der Waals surface area contributed by atoms with Gasteiger partial charge in [-0.25, -0.2) is 0 Å². The van der Waals surface area contributed by atoms with Crippen LogP contribution in [-0.4, -0.2) is 27.8 Å². The van der Waals surface area contributed by atoms with Crippen LogP contribution < -0.4 is 10.1 Å². The summed E-state index contributed by atoms with van der Waals surface area (Å²) in [5.41, 5.74) is 0.424. The van der Waals surface area contributed by atoms with Crippen LogP contribution in [0.5, 0.6) is 5.75 Å². The molecule has 0 unspecified atom stereocenters. The highest BCUT2D eigenvalue weighted by molar-refractivity contribution is 7.71. The molecule has 1 aromatic heterocycles. The molecule has 164 valence electrons. The molecule has 0 radical (unpaired) electrons. The van der Waals surface area contributed by atoms with E-state index >= 15 is 0 Å². The minimum absolute atomic E-state index is 0.0836. The summed E-state index contributed by atoms with van der Waals surface area (Å²) in [6.45, 7) is 1.90. The van der Waals surface area contributed by atoms with Crippen molar-refractivity contribution in [2.75, 3.05) is 7.11 Å². The Morgan fingerprint density at radius 2 is 1.97 bits per heavy atom. The second kappa shape index (κ2) is 9.34. The minimum atomic E-state index is -4.44. The van der Waals surface area contributed by atoms with Crippen LogP contribution >= 0.6 is 12.2 Å². The largest absolute Gasteiger partial charge is 0.497 e. The van der Waals surface area contributed by atoms with Gasteiger partial charge in [0.1, 0.15) is 5.75 Å². The van der Waals surface area contributed by atoms with E-state index in [2.05, 4.69) is 15.5 Å². The lowest BCUT2D eigenvalue weighted by molar-refractivity contribution is -0.137. The average Bonchev–Trinajstić information content (AvgIpc) is 3.12. The van der Waals surface area contributed by atoms with Gasteiger partial charge in [-0.1, -0.05) is 12.1 Å². The van der Waals surface area contributed by atoms with Crippen molar-refractivity contribution >= 4 is 18.1 Å². The Bertz CT molecular complexity index is 1110. The van der Waals surface area contributed by atoms with Crippen LogP contribution in [-0.2, 0) is 17.5 Å². The topological polar surface area (TPSA) is 71.9 Å². The van der Waals surface area contributed by atoms with E-state index in [1.165, 1.54) is 6.07 Å². The highest BCUT2D eigenvalue weighted by Crippen LogP contribution is 2.30. The van der Waals surface area contributed by atoms with Gasteiger partial charge in [0, 0.05) is 18.5 Å². The number of aromatic nitrogens is 3. The molecule has 3 rings (SSSR count). The lowest BCUT2D eigenvalue weighted by atomic mass is 10.0. The highest BCUT2D eigenvalue weighted by Gasteiger charge is 2.30. The molecule has 0 aliphatic rings.